The van der Waals surface area contributed by atoms with Crippen molar-refractivity contribution in [2.24, 2.45) is 0 Å². The van der Waals surface area contributed by atoms with Crippen LogP contribution < -0.4 is 10.1 Å². The first-order chi connectivity index (χ1) is 8.61. The number of hydrogen-bond donors (Lipinski definition) is 1. The molecule has 1 aromatic rings. The molecule has 1 fully saturated rings. The average molecular weight is 248 g/mol. The number of ether oxygens (including phenoxy) is 1. The first kappa shape index (κ1) is 12.9. The maximum Gasteiger partial charge on any atom is 0.257 e. The zero-order chi connectivity index (χ0) is 13.1. The van der Waals surface area contributed by atoms with Crippen molar-refractivity contribution in [3.63, 3.8) is 0 Å². The van der Waals surface area contributed by atoms with Crippen molar-refractivity contribution in [1.82, 2.24) is 10.2 Å². The van der Waals surface area contributed by atoms with Crippen LogP contribution in [0.25, 0.3) is 0 Å². The topological polar surface area (TPSA) is 41.6 Å². The normalized spacial score (nSPS) is 23.8. The molecule has 0 aliphatic carbocycles. The quantitative estimate of drug-likeness (QED) is 0.862. The highest BCUT2D eigenvalue weighted by molar-refractivity contribution is 5.97. The van der Waals surface area contributed by atoms with E-state index in [-0.39, 0.29) is 5.91 Å². The molecular formula is C14H20N2O2. The van der Waals surface area contributed by atoms with Crippen molar-refractivity contribution in [2.75, 3.05) is 20.2 Å². The number of carbonyl (C=O) groups excluding carboxylic acids is 1. The second-order valence-corrected chi connectivity index (χ2v) is 4.88. The summed E-state index contributed by atoms with van der Waals surface area (Å²) >= 11 is 0. The van der Waals surface area contributed by atoms with Gasteiger partial charge in [0.1, 0.15) is 5.75 Å². The highest BCUT2D eigenvalue weighted by atomic mass is 16.5. The second kappa shape index (κ2) is 5.40. The van der Waals surface area contributed by atoms with Crippen LogP contribution in [0.15, 0.2) is 24.3 Å². The number of rotatable bonds is 2. The fourth-order valence-corrected chi connectivity index (χ4v) is 2.48. The Morgan fingerprint density at radius 3 is 2.50 bits per heavy atom. The highest BCUT2D eigenvalue weighted by Crippen LogP contribution is 2.20. The van der Waals surface area contributed by atoms with Gasteiger partial charge in [0.15, 0.2) is 0 Å². The molecule has 1 aliphatic rings. The largest absolute Gasteiger partial charge is 0.496 e. The first-order valence-corrected chi connectivity index (χ1v) is 6.30. The molecule has 4 nitrogen and oxygen atoms in total. The number of carbonyl (C=O) groups is 1. The van der Waals surface area contributed by atoms with E-state index in [2.05, 4.69) is 19.2 Å². The minimum atomic E-state index is 0.0487. The molecule has 1 aliphatic heterocycles. The van der Waals surface area contributed by atoms with E-state index < -0.39 is 0 Å². The predicted octanol–water partition coefficient (Wildman–Crippen LogP) is 1.52. The Labute approximate surface area is 108 Å². The molecule has 0 bridgehead atoms. The molecule has 0 saturated carbocycles. The van der Waals surface area contributed by atoms with Crippen molar-refractivity contribution in [1.29, 1.82) is 0 Å². The minimum Gasteiger partial charge on any atom is -0.496 e. The Morgan fingerprint density at radius 1 is 1.28 bits per heavy atom. The molecule has 4 heteroatoms. The average Bonchev–Trinajstić information content (AvgIpc) is 2.36. The first-order valence-electron chi connectivity index (χ1n) is 6.30. The summed E-state index contributed by atoms with van der Waals surface area (Å²) in [7, 11) is 1.59. The number of methoxy groups -OCH3 is 1. The number of benzene rings is 1. The van der Waals surface area contributed by atoms with E-state index in [1.165, 1.54) is 0 Å². The Morgan fingerprint density at radius 2 is 1.89 bits per heavy atom. The summed E-state index contributed by atoms with van der Waals surface area (Å²) in [4.78, 5) is 14.4. The number of amides is 1. The molecule has 18 heavy (non-hydrogen) atoms. The van der Waals surface area contributed by atoms with Crippen LogP contribution in [0, 0.1) is 0 Å². The fraction of sp³-hybridized carbons (Fsp3) is 0.500. The SMILES string of the molecule is COc1ccccc1C(=O)N1CC(C)NC(C)C1. The van der Waals surface area contributed by atoms with Crippen LogP contribution >= 0.6 is 0 Å². The van der Waals surface area contributed by atoms with E-state index in [0.29, 0.717) is 23.4 Å². The summed E-state index contributed by atoms with van der Waals surface area (Å²) in [5, 5.41) is 3.42. The second-order valence-electron chi connectivity index (χ2n) is 4.88. The summed E-state index contributed by atoms with van der Waals surface area (Å²) in [6, 6.07) is 8.03. The molecule has 2 rings (SSSR count). The molecular weight excluding hydrogens is 228 g/mol. The van der Waals surface area contributed by atoms with Crippen molar-refractivity contribution in [3.05, 3.63) is 29.8 Å². The summed E-state index contributed by atoms with van der Waals surface area (Å²) < 4.78 is 5.25. The van der Waals surface area contributed by atoms with Crippen molar-refractivity contribution in [2.45, 2.75) is 25.9 Å². The fourth-order valence-electron chi connectivity index (χ4n) is 2.48. The van der Waals surface area contributed by atoms with Crippen LogP contribution in [0.3, 0.4) is 0 Å². The van der Waals surface area contributed by atoms with Crippen LogP contribution in [0.1, 0.15) is 24.2 Å². The van der Waals surface area contributed by atoms with Crippen molar-refractivity contribution in [3.8, 4) is 5.75 Å². The third-order valence-electron chi connectivity index (χ3n) is 3.18. The van der Waals surface area contributed by atoms with Gasteiger partial charge >= 0.3 is 0 Å². The highest BCUT2D eigenvalue weighted by Gasteiger charge is 2.26. The van der Waals surface area contributed by atoms with Crippen LogP contribution in [-0.2, 0) is 0 Å². The molecule has 1 N–H and O–H groups in total. The summed E-state index contributed by atoms with van der Waals surface area (Å²) in [5.41, 5.74) is 0.640. The Balaban J connectivity index is 2.20. The van der Waals surface area contributed by atoms with Crippen molar-refractivity contribution >= 4 is 5.91 Å². The number of nitrogens with zero attached hydrogens (tertiary/aromatic N) is 1. The van der Waals surface area contributed by atoms with Gasteiger partial charge in [0.25, 0.3) is 5.91 Å². The lowest BCUT2D eigenvalue weighted by Gasteiger charge is -2.36. The van der Waals surface area contributed by atoms with Gasteiger partial charge in [0, 0.05) is 25.2 Å². The number of piperazine rings is 1. The molecule has 2 unspecified atom stereocenters. The Hall–Kier alpha value is -1.55. The molecule has 0 spiro atoms. The summed E-state index contributed by atoms with van der Waals surface area (Å²) in [6.07, 6.45) is 0. The molecule has 2 atom stereocenters. The van der Waals surface area contributed by atoms with Gasteiger partial charge in [-0.1, -0.05) is 12.1 Å². The molecule has 1 amide bonds. The van der Waals surface area contributed by atoms with E-state index in [4.69, 9.17) is 4.74 Å². The van der Waals surface area contributed by atoms with Gasteiger partial charge < -0.3 is 15.0 Å². The van der Waals surface area contributed by atoms with E-state index in [0.717, 1.165) is 13.1 Å². The van der Waals surface area contributed by atoms with Crippen LogP contribution in [0.4, 0.5) is 0 Å². The van der Waals surface area contributed by atoms with Gasteiger partial charge in [-0.05, 0) is 26.0 Å². The van der Waals surface area contributed by atoms with Gasteiger partial charge in [-0.25, -0.2) is 0 Å². The molecule has 98 valence electrons. The number of nitrogens with one attached hydrogen (secondary N) is 1. The maximum absolute atomic E-state index is 12.5. The van der Waals surface area contributed by atoms with E-state index in [9.17, 15) is 4.79 Å². The van der Waals surface area contributed by atoms with Gasteiger partial charge in [-0.15, -0.1) is 0 Å². The van der Waals surface area contributed by atoms with E-state index in [1.54, 1.807) is 7.11 Å². The van der Waals surface area contributed by atoms with Crippen LogP contribution in [0.5, 0.6) is 5.75 Å². The van der Waals surface area contributed by atoms with E-state index >= 15 is 0 Å². The molecule has 0 aromatic heterocycles. The molecule has 1 heterocycles. The van der Waals surface area contributed by atoms with Crippen LogP contribution in [0.2, 0.25) is 0 Å². The predicted molar refractivity (Wildman–Crippen MR) is 71.0 cm³/mol. The lowest BCUT2D eigenvalue weighted by atomic mass is 10.1. The van der Waals surface area contributed by atoms with Gasteiger partial charge in [0.2, 0.25) is 0 Å². The van der Waals surface area contributed by atoms with E-state index in [1.807, 2.05) is 29.2 Å². The Kier molecular flexibility index (Phi) is 3.87. The minimum absolute atomic E-state index is 0.0487. The van der Waals surface area contributed by atoms with Gasteiger partial charge in [-0.3, -0.25) is 4.79 Å². The lowest BCUT2D eigenvalue weighted by molar-refractivity contribution is 0.0670. The Bertz CT molecular complexity index is 424. The summed E-state index contributed by atoms with van der Waals surface area (Å²) in [6.45, 7) is 5.67. The number of para-hydroxylation sites is 1. The third-order valence-corrected chi connectivity index (χ3v) is 3.18. The molecule has 1 saturated heterocycles. The van der Waals surface area contributed by atoms with Crippen molar-refractivity contribution < 1.29 is 9.53 Å². The lowest BCUT2D eigenvalue weighted by Crippen LogP contribution is -2.55. The number of hydrogen-bond acceptors (Lipinski definition) is 3. The van der Waals surface area contributed by atoms with Gasteiger partial charge in [-0.2, -0.15) is 0 Å². The molecule has 0 radical (unpaired) electrons. The smallest absolute Gasteiger partial charge is 0.257 e. The van der Waals surface area contributed by atoms with Gasteiger partial charge in [0.05, 0.1) is 12.7 Å². The third kappa shape index (κ3) is 2.64. The zero-order valence-electron chi connectivity index (χ0n) is 11.1. The van der Waals surface area contributed by atoms with Crippen LogP contribution in [-0.4, -0.2) is 43.1 Å². The zero-order valence-corrected chi connectivity index (χ0v) is 11.1. The maximum atomic E-state index is 12.5. The monoisotopic (exact) mass is 248 g/mol. The summed E-state index contributed by atoms with van der Waals surface area (Å²) in [5.74, 6) is 0.689. The molecule has 1 aromatic carbocycles. The standard InChI is InChI=1S/C14H20N2O2/c1-10-8-16(9-11(2)15-10)14(17)12-6-4-5-7-13(12)18-3/h4-7,10-11,15H,8-9H2,1-3H3.